The number of carbonyl (C=O) groups is 1. The van der Waals surface area contributed by atoms with E-state index in [2.05, 4.69) is 5.32 Å². The fourth-order valence-electron chi connectivity index (χ4n) is 3.84. The highest BCUT2D eigenvalue weighted by Crippen LogP contribution is 2.31. The zero-order valence-corrected chi connectivity index (χ0v) is 20.6. The van der Waals surface area contributed by atoms with E-state index in [1.165, 1.54) is 10.4 Å². The number of para-hydroxylation sites is 3. The number of rotatable bonds is 7. The molecule has 1 N–H and O–H groups in total. The second-order valence-corrected chi connectivity index (χ2v) is 10.9. The van der Waals surface area contributed by atoms with Crippen LogP contribution in [0.25, 0.3) is 0 Å². The lowest BCUT2D eigenvalue weighted by molar-refractivity contribution is -0.120. The summed E-state index contributed by atoms with van der Waals surface area (Å²) < 4.78 is 33.4. The van der Waals surface area contributed by atoms with Crippen LogP contribution in [-0.2, 0) is 20.6 Å². The quantitative estimate of drug-likeness (QED) is 0.418. The molecule has 1 unspecified atom stereocenters. The van der Waals surface area contributed by atoms with Crippen LogP contribution in [0.15, 0.2) is 72.8 Å². The lowest BCUT2D eigenvalue weighted by Crippen LogP contribution is -2.44. The van der Waals surface area contributed by atoms with Crippen LogP contribution in [0.1, 0.15) is 18.4 Å². The molecule has 0 radical (unpaired) electrons. The predicted molar refractivity (Wildman–Crippen MR) is 135 cm³/mol. The Labute approximate surface area is 209 Å². The van der Waals surface area contributed by atoms with E-state index in [4.69, 9.17) is 27.9 Å². The van der Waals surface area contributed by atoms with Gasteiger partial charge in [-0.05, 0) is 54.8 Å². The number of sulfonamides is 1. The van der Waals surface area contributed by atoms with Crippen LogP contribution in [0.5, 0.6) is 11.5 Å². The highest BCUT2D eigenvalue weighted by Gasteiger charge is 2.33. The average Bonchev–Trinajstić information content (AvgIpc) is 2.83. The van der Waals surface area contributed by atoms with Gasteiger partial charge in [0.05, 0.1) is 17.4 Å². The Balaban J connectivity index is 1.44. The van der Waals surface area contributed by atoms with Gasteiger partial charge in [0.2, 0.25) is 15.9 Å². The lowest BCUT2D eigenvalue weighted by Gasteiger charge is -2.31. The third kappa shape index (κ3) is 6.10. The summed E-state index contributed by atoms with van der Waals surface area (Å²) in [5, 5.41) is 3.66. The molecule has 0 spiro atoms. The molecule has 1 heterocycles. The summed E-state index contributed by atoms with van der Waals surface area (Å²) in [4.78, 5) is 13.1. The molecule has 0 saturated carbocycles. The molecule has 1 fully saturated rings. The average molecular weight is 519 g/mol. The zero-order chi connectivity index (χ0) is 24.1. The Kier molecular flexibility index (Phi) is 7.78. The number of benzene rings is 3. The lowest BCUT2D eigenvalue weighted by atomic mass is 9.98. The molecule has 1 saturated heterocycles. The van der Waals surface area contributed by atoms with Crippen molar-refractivity contribution in [3.05, 3.63) is 88.4 Å². The summed E-state index contributed by atoms with van der Waals surface area (Å²) in [6, 6.07) is 21.2. The van der Waals surface area contributed by atoms with Crippen LogP contribution >= 0.6 is 23.2 Å². The molecule has 0 aromatic heterocycles. The molecule has 9 heteroatoms. The van der Waals surface area contributed by atoms with E-state index in [9.17, 15) is 13.2 Å². The molecule has 6 nitrogen and oxygen atoms in total. The number of anilines is 1. The number of nitrogens with zero attached hydrogens (tertiary/aromatic N) is 1. The number of hydrogen-bond acceptors (Lipinski definition) is 4. The maximum atomic E-state index is 13.1. The smallest absolute Gasteiger partial charge is 0.228 e. The molecule has 0 bridgehead atoms. The summed E-state index contributed by atoms with van der Waals surface area (Å²) in [6.45, 7) is 0.478. The number of amides is 1. The first-order valence-electron chi connectivity index (χ1n) is 10.9. The summed E-state index contributed by atoms with van der Waals surface area (Å²) in [5.74, 6) is 0.202. The Morgan fingerprint density at radius 1 is 1.03 bits per heavy atom. The van der Waals surface area contributed by atoms with Gasteiger partial charge in [0, 0.05) is 23.1 Å². The van der Waals surface area contributed by atoms with Gasteiger partial charge in [-0.25, -0.2) is 12.7 Å². The van der Waals surface area contributed by atoms with Crippen LogP contribution in [0.4, 0.5) is 5.69 Å². The molecular formula is C25H24Cl2N2O4S. The summed E-state index contributed by atoms with van der Waals surface area (Å²) >= 11 is 12.1. The molecule has 1 atom stereocenters. The van der Waals surface area contributed by atoms with Crippen LogP contribution in [0.2, 0.25) is 10.0 Å². The fourth-order valence-corrected chi connectivity index (χ4v) is 6.04. The number of halogens is 2. The van der Waals surface area contributed by atoms with Crippen molar-refractivity contribution in [2.24, 2.45) is 5.92 Å². The second kappa shape index (κ2) is 10.8. The summed E-state index contributed by atoms with van der Waals surface area (Å²) in [7, 11) is -3.66. The standard InChI is InChI=1S/C25H24Cl2N2O4S/c26-20-13-12-19(22(27)15-20)17-34(31,32)29-14-6-7-18(16-29)25(30)28-23-10-4-5-11-24(23)33-21-8-2-1-3-9-21/h1-5,8-13,15,18H,6-7,14,16-17H2,(H,28,30). The van der Waals surface area contributed by atoms with E-state index in [0.29, 0.717) is 52.2 Å². The Bertz CT molecular complexity index is 1270. The first-order valence-corrected chi connectivity index (χ1v) is 13.2. The first-order chi connectivity index (χ1) is 16.3. The molecule has 0 aliphatic carbocycles. The highest BCUT2D eigenvalue weighted by molar-refractivity contribution is 7.88. The SMILES string of the molecule is O=C(Nc1ccccc1Oc1ccccc1)C1CCCN(S(=O)(=O)Cc2ccc(Cl)cc2Cl)C1. The Morgan fingerprint density at radius 3 is 2.53 bits per heavy atom. The number of carbonyl (C=O) groups excluding carboxylic acids is 1. The van der Waals surface area contributed by atoms with E-state index < -0.39 is 15.9 Å². The van der Waals surface area contributed by atoms with Gasteiger partial charge in [-0.15, -0.1) is 0 Å². The van der Waals surface area contributed by atoms with Gasteiger partial charge in [0.1, 0.15) is 5.75 Å². The topological polar surface area (TPSA) is 75.7 Å². The number of nitrogens with one attached hydrogen (secondary N) is 1. The molecule has 3 aromatic rings. The molecule has 178 valence electrons. The number of hydrogen-bond donors (Lipinski definition) is 1. The van der Waals surface area contributed by atoms with E-state index in [1.807, 2.05) is 36.4 Å². The molecule has 4 rings (SSSR count). The van der Waals surface area contributed by atoms with Crippen molar-refractivity contribution in [1.29, 1.82) is 0 Å². The van der Waals surface area contributed by atoms with Crippen molar-refractivity contribution in [3.8, 4) is 11.5 Å². The van der Waals surface area contributed by atoms with Gasteiger partial charge in [-0.2, -0.15) is 0 Å². The van der Waals surface area contributed by atoms with E-state index in [-0.39, 0.29) is 18.2 Å². The maximum absolute atomic E-state index is 13.1. The van der Waals surface area contributed by atoms with Gasteiger partial charge in [0.15, 0.2) is 5.75 Å². The van der Waals surface area contributed by atoms with E-state index in [0.717, 1.165) is 0 Å². The van der Waals surface area contributed by atoms with Gasteiger partial charge in [-0.3, -0.25) is 4.79 Å². The normalized spacial score (nSPS) is 16.7. The molecular weight excluding hydrogens is 495 g/mol. The monoisotopic (exact) mass is 518 g/mol. The summed E-state index contributed by atoms with van der Waals surface area (Å²) in [6.07, 6.45) is 1.19. The van der Waals surface area contributed by atoms with Crippen LogP contribution in [-0.4, -0.2) is 31.7 Å². The van der Waals surface area contributed by atoms with Crippen LogP contribution in [0.3, 0.4) is 0 Å². The van der Waals surface area contributed by atoms with Gasteiger partial charge in [-0.1, -0.05) is 59.6 Å². The van der Waals surface area contributed by atoms with Crippen molar-refractivity contribution in [2.45, 2.75) is 18.6 Å². The van der Waals surface area contributed by atoms with Crippen molar-refractivity contribution in [1.82, 2.24) is 4.31 Å². The Hall–Kier alpha value is -2.58. The minimum Gasteiger partial charge on any atom is -0.455 e. The zero-order valence-electron chi connectivity index (χ0n) is 18.3. The molecule has 1 amide bonds. The van der Waals surface area contributed by atoms with Crippen molar-refractivity contribution >= 4 is 44.8 Å². The number of ether oxygens (including phenoxy) is 1. The van der Waals surface area contributed by atoms with E-state index in [1.54, 1.807) is 30.3 Å². The third-order valence-electron chi connectivity index (χ3n) is 5.62. The van der Waals surface area contributed by atoms with Crippen LogP contribution in [0, 0.1) is 5.92 Å². The van der Waals surface area contributed by atoms with Gasteiger partial charge < -0.3 is 10.1 Å². The number of piperidine rings is 1. The van der Waals surface area contributed by atoms with Crippen LogP contribution < -0.4 is 10.1 Å². The molecule has 1 aliphatic rings. The predicted octanol–water partition coefficient (Wildman–Crippen LogP) is 5.97. The molecule has 3 aromatic carbocycles. The van der Waals surface area contributed by atoms with Gasteiger partial charge >= 0.3 is 0 Å². The largest absolute Gasteiger partial charge is 0.455 e. The molecule has 34 heavy (non-hydrogen) atoms. The minimum atomic E-state index is -3.66. The fraction of sp³-hybridized carbons (Fsp3) is 0.240. The Morgan fingerprint density at radius 2 is 1.76 bits per heavy atom. The summed E-state index contributed by atoms with van der Waals surface area (Å²) in [5.41, 5.74) is 1.01. The minimum absolute atomic E-state index is 0.112. The second-order valence-electron chi connectivity index (χ2n) is 8.09. The molecule has 1 aliphatic heterocycles. The first kappa shape index (κ1) is 24.5. The van der Waals surface area contributed by atoms with Crippen molar-refractivity contribution in [3.63, 3.8) is 0 Å². The maximum Gasteiger partial charge on any atom is 0.228 e. The highest BCUT2D eigenvalue weighted by atomic mass is 35.5. The van der Waals surface area contributed by atoms with Gasteiger partial charge in [0.25, 0.3) is 0 Å². The third-order valence-corrected chi connectivity index (χ3v) is 8.00. The van der Waals surface area contributed by atoms with E-state index >= 15 is 0 Å². The van der Waals surface area contributed by atoms with Crippen molar-refractivity contribution in [2.75, 3.05) is 18.4 Å². The van der Waals surface area contributed by atoms with Crippen molar-refractivity contribution < 1.29 is 17.9 Å².